The predicted octanol–water partition coefficient (Wildman–Crippen LogP) is 3.44. The van der Waals surface area contributed by atoms with E-state index < -0.39 is 0 Å². The number of anilines is 1. The van der Waals surface area contributed by atoms with Crippen LogP contribution in [0, 0.1) is 5.92 Å². The molecule has 1 aliphatic heterocycles. The van der Waals surface area contributed by atoms with Gasteiger partial charge < -0.3 is 19.7 Å². The Morgan fingerprint density at radius 2 is 1.79 bits per heavy atom. The van der Waals surface area contributed by atoms with Crippen LogP contribution in [0.4, 0.5) is 5.69 Å². The van der Waals surface area contributed by atoms with E-state index in [1.807, 2.05) is 56.8 Å². The largest absolute Gasteiger partial charge is 0.340 e. The van der Waals surface area contributed by atoms with Gasteiger partial charge in [-0.2, -0.15) is 0 Å². The molecule has 0 aliphatic carbocycles. The van der Waals surface area contributed by atoms with Crippen LogP contribution in [0.5, 0.6) is 0 Å². The van der Waals surface area contributed by atoms with Gasteiger partial charge in [0, 0.05) is 44.8 Å². The summed E-state index contributed by atoms with van der Waals surface area (Å²) in [4.78, 5) is 34.5. The summed E-state index contributed by atoms with van der Waals surface area (Å²) in [5, 5.41) is 3.46. The van der Waals surface area contributed by atoms with E-state index in [2.05, 4.69) is 30.2 Å². The number of imidazole rings is 1. The molecule has 0 unspecified atom stereocenters. The quantitative estimate of drug-likeness (QED) is 0.665. The second-order valence-corrected chi connectivity index (χ2v) is 9.04. The van der Waals surface area contributed by atoms with Gasteiger partial charge in [0.2, 0.25) is 11.8 Å². The smallest absolute Gasteiger partial charge is 0.242 e. The van der Waals surface area contributed by atoms with Gasteiger partial charge >= 0.3 is 0 Å². The molecule has 2 aromatic carbocycles. The first-order valence-corrected chi connectivity index (χ1v) is 11.8. The highest BCUT2D eigenvalue weighted by Gasteiger charge is 2.22. The normalized spacial score (nSPS) is 15.4. The average molecular weight is 448 g/mol. The molecule has 0 saturated heterocycles. The van der Waals surface area contributed by atoms with Crippen LogP contribution in [-0.2, 0) is 22.7 Å². The Balaban J connectivity index is 1.49. The molecule has 2 heterocycles. The number of benzene rings is 2. The van der Waals surface area contributed by atoms with Crippen molar-refractivity contribution in [2.24, 2.45) is 5.92 Å². The molecule has 174 valence electrons. The zero-order valence-corrected chi connectivity index (χ0v) is 19.5. The van der Waals surface area contributed by atoms with Gasteiger partial charge in [-0.25, -0.2) is 4.98 Å². The van der Waals surface area contributed by atoms with Gasteiger partial charge in [-0.15, -0.1) is 0 Å². The fourth-order valence-corrected chi connectivity index (χ4v) is 4.36. The lowest BCUT2D eigenvalue weighted by Crippen LogP contribution is -2.40. The van der Waals surface area contributed by atoms with Gasteiger partial charge in [0.25, 0.3) is 0 Å². The third-order valence-electron chi connectivity index (χ3n) is 6.04. The van der Waals surface area contributed by atoms with E-state index in [0.717, 1.165) is 28.7 Å². The zero-order chi connectivity index (χ0) is 23.2. The Morgan fingerprint density at radius 1 is 1.00 bits per heavy atom. The highest BCUT2D eigenvalue weighted by Crippen LogP contribution is 2.23. The Hall–Kier alpha value is -3.19. The molecular formula is C26H33N5O2. The molecule has 0 spiro atoms. The fraction of sp³-hybridized carbons (Fsp3) is 0.423. The van der Waals surface area contributed by atoms with Gasteiger partial charge in [0.1, 0.15) is 6.54 Å². The van der Waals surface area contributed by atoms with Crippen LogP contribution in [-0.4, -0.2) is 52.4 Å². The third kappa shape index (κ3) is 5.60. The molecule has 0 fully saturated rings. The highest BCUT2D eigenvalue weighted by atomic mass is 16.2. The molecule has 1 aliphatic rings. The number of hydrogen-bond donors (Lipinski definition) is 1. The molecule has 1 aromatic heterocycles. The molecule has 0 bridgehead atoms. The first kappa shape index (κ1) is 23.0. The lowest BCUT2D eigenvalue weighted by molar-refractivity contribution is -0.131. The first-order chi connectivity index (χ1) is 16.0. The number of hydrogen-bond acceptors (Lipinski definition) is 4. The Morgan fingerprint density at radius 3 is 2.64 bits per heavy atom. The van der Waals surface area contributed by atoms with E-state index in [4.69, 9.17) is 0 Å². The number of amides is 2. The molecule has 7 nitrogen and oxygen atoms in total. The van der Waals surface area contributed by atoms with Crippen molar-refractivity contribution in [1.82, 2.24) is 19.8 Å². The molecule has 7 heteroatoms. The predicted molar refractivity (Wildman–Crippen MR) is 131 cm³/mol. The van der Waals surface area contributed by atoms with Crippen molar-refractivity contribution in [3.8, 4) is 0 Å². The monoisotopic (exact) mass is 447 g/mol. The molecule has 33 heavy (non-hydrogen) atoms. The summed E-state index contributed by atoms with van der Waals surface area (Å²) in [6, 6.07) is 15.9. The summed E-state index contributed by atoms with van der Waals surface area (Å²) in [5.41, 5.74) is 3.93. The summed E-state index contributed by atoms with van der Waals surface area (Å²) < 4.78 is 1.91. The molecular weight excluding hydrogens is 414 g/mol. The molecule has 0 saturated carbocycles. The molecule has 0 atom stereocenters. The maximum absolute atomic E-state index is 13.2. The summed E-state index contributed by atoms with van der Waals surface area (Å²) in [5.74, 6) is 0.500. The summed E-state index contributed by atoms with van der Waals surface area (Å²) in [6.07, 6.45) is 2.98. The van der Waals surface area contributed by atoms with Gasteiger partial charge in [0.15, 0.2) is 0 Å². The van der Waals surface area contributed by atoms with Crippen molar-refractivity contribution in [2.75, 3.05) is 31.1 Å². The first-order valence-electron chi connectivity index (χ1n) is 11.8. The zero-order valence-electron chi connectivity index (χ0n) is 19.5. The van der Waals surface area contributed by atoms with Crippen molar-refractivity contribution in [1.29, 1.82) is 0 Å². The van der Waals surface area contributed by atoms with Crippen LogP contribution >= 0.6 is 0 Å². The number of para-hydroxylation sites is 3. The van der Waals surface area contributed by atoms with Crippen molar-refractivity contribution >= 4 is 28.5 Å². The molecule has 3 aromatic rings. The van der Waals surface area contributed by atoms with Crippen LogP contribution in [0.15, 0.2) is 54.9 Å². The van der Waals surface area contributed by atoms with E-state index in [-0.39, 0.29) is 18.4 Å². The van der Waals surface area contributed by atoms with Crippen LogP contribution in [0.3, 0.4) is 0 Å². The van der Waals surface area contributed by atoms with Gasteiger partial charge in [-0.3, -0.25) is 9.59 Å². The highest BCUT2D eigenvalue weighted by molar-refractivity contribution is 5.94. The second kappa shape index (κ2) is 10.6. The van der Waals surface area contributed by atoms with E-state index in [9.17, 15) is 9.59 Å². The van der Waals surface area contributed by atoms with Crippen molar-refractivity contribution in [2.45, 2.75) is 39.8 Å². The third-order valence-corrected chi connectivity index (χ3v) is 6.04. The van der Waals surface area contributed by atoms with Crippen LogP contribution in [0.25, 0.3) is 11.0 Å². The lowest BCUT2D eigenvalue weighted by atomic mass is 10.1. The van der Waals surface area contributed by atoms with Crippen LogP contribution in [0.1, 0.15) is 32.3 Å². The van der Waals surface area contributed by atoms with Crippen LogP contribution < -0.4 is 10.2 Å². The maximum Gasteiger partial charge on any atom is 0.242 e. The minimum Gasteiger partial charge on any atom is -0.340 e. The van der Waals surface area contributed by atoms with E-state index in [1.54, 1.807) is 6.33 Å². The Kier molecular flexibility index (Phi) is 7.40. The number of nitrogens with zero attached hydrogens (tertiary/aromatic N) is 4. The van der Waals surface area contributed by atoms with Crippen molar-refractivity contribution in [3.05, 3.63) is 60.4 Å². The van der Waals surface area contributed by atoms with Crippen molar-refractivity contribution in [3.63, 3.8) is 0 Å². The molecule has 1 N–H and O–H groups in total. The number of carbonyl (C=O) groups is 2. The van der Waals surface area contributed by atoms with Crippen molar-refractivity contribution < 1.29 is 9.59 Å². The molecule has 2 amide bonds. The summed E-state index contributed by atoms with van der Waals surface area (Å²) in [7, 11) is 0. The molecule has 0 radical (unpaired) electrons. The summed E-state index contributed by atoms with van der Waals surface area (Å²) in [6.45, 7) is 7.60. The lowest BCUT2D eigenvalue weighted by Gasteiger charge is -2.27. The van der Waals surface area contributed by atoms with E-state index in [1.165, 1.54) is 0 Å². The topological polar surface area (TPSA) is 70.5 Å². The minimum absolute atomic E-state index is 0.0665. The summed E-state index contributed by atoms with van der Waals surface area (Å²) >= 11 is 0. The fourth-order valence-electron chi connectivity index (χ4n) is 4.36. The number of carbonyl (C=O) groups excluding carboxylic acids is 2. The number of fused-ring (bicyclic) bond motifs is 2. The van der Waals surface area contributed by atoms with E-state index in [0.29, 0.717) is 45.1 Å². The Bertz CT molecular complexity index is 1110. The average Bonchev–Trinajstić information content (AvgIpc) is 3.18. The van der Waals surface area contributed by atoms with Gasteiger partial charge in [-0.05, 0) is 36.1 Å². The SMILES string of the molecule is CC(C)CC(=O)N1CCCN(C(=O)Cn2cnc3ccccc32)CCNCc2ccccc21. The van der Waals surface area contributed by atoms with Crippen LogP contribution in [0.2, 0.25) is 0 Å². The Labute approximate surface area is 195 Å². The molecule has 4 rings (SSSR count). The standard InChI is InChI=1S/C26H33N5O2/c1-20(2)16-25(32)31-14-7-13-29(15-12-27-17-21-8-3-5-10-23(21)31)26(33)18-30-19-28-22-9-4-6-11-24(22)30/h3-6,8-11,19-20,27H,7,12-18H2,1-2H3. The second-order valence-electron chi connectivity index (χ2n) is 9.04. The number of nitrogens with one attached hydrogen (secondary N) is 1. The maximum atomic E-state index is 13.2. The number of rotatable bonds is 4. The minimum atomic E-state index is 0.0665. The van der Waals surface area contributed by atoms with Gasteiger partial charge in [-0.1, -0.05) is 44.2 Å². The van der Waals surface area contributed by atoms with E-state index >= 15 is 0 Å². The van der Waals surface area contributed by atoms with Gasteiger partial charge in [0.05, 0.1) is 17.4 Å². The number of aromatic nitrogens is 2.